The van der Waals surface area contributed by atoms with Gasteiger partial charge in [-0.3, -0.25) is 37.3 Å². The highest BCUT2D eigenvalue weighted by atomic mass is 31.2. The van der Waals surface area contributed by atoms with Crippen molar-refractivity contribution in [2.24, 2.45) is 11.8 Å². The third-order valence-electron chi connectivity index (χ3n) is 19.1. The topological polar surface area (TPSA) is 237 Å². The Labute approximate surface area is 607 Å². The van der Waals surface area contributed by atoms with E-state index in [-0.39, 0.29) is 25.7 Å². The van der Waals surface area contributed by atoms with Gasteiger partial charge in [0.25, 0.3) is 0 Å². The van der Waals surface area contributed by atoms with E-state index in [1.165, 1.54) is 238 Å². The molecule has 0 rings (SSSR count). The molecule has 3 N–H and O–H groups in total. The molecule has 0 fully saturated rings. The number of esters is 4. The average molecular weight is 1450 g/mol. The fraction of sp³-hybridized carbons (Fsp3) is 0.950. The quantitative estimate of drug-likeness (QED) is 0.0222. The standard InChI is InChI=1S/C80H156O17P2/c1-7-10-12-14-16-18-20-22-23-24-25-26-27-29-31-40-46-52-58-64-79(84)96-75(69-91-78(83)63-57-51-45-39-35-33-37-43-49-55-61-73(6)9-3)70-94-98(86,87)92-66-74(81)67-93-99(88,89)95-71-76(97-80(85)65-59-53-47-41-34-32-36-42-48-54-60-72(4)5)68-90-77(82)62-56-50-44-38-30-28-21-19-17-15-13-11-8-2/h72-76,81H,7-71H2,1-6H3,(H,86,87)(H,88,89)/t73?,74-,75-,76-/m1/s1. The summed E-state index contributed by atoms with van der Waals surface area (Å²) in [6.45, 7) is 9.65. The maximum Gasteiger partial charge on any atom is 0.472 e. The lowest BCUT2D eigenvalue weighted by Crippen LogP contribution is -2.30. The van der Waals surface area contributed by atoms with E-state index in [0.717, 1.165) is 102 Å². The second kappa shape index (κ2) is 71.7. The first-order chi connectivity index (χ1) is 47.9. The summed E-state index contributed by atoms with van der Waals surface area (Å²) in [4.78, 5) is 73.0. The first-order valence-electron chi connectivity index (χ1n) is 41.5. The van der Waals surface area contributed by atoms with E-state index in [0.29, 0.717) is 25.7 Å². The Morgan fingerprint density at radius 3 is 0.768 bits per heavy atom. The largest absolute Gasteiger partial charge is 0.472 e. The predicted molar refractivity (Wildman–Crippen MR) is 405 cm³/mol. The van der Waals surface area contributed by atoms with Crippen molar-refractivity contribution in [3.05, 3.63) is 0 Å². The molecule has 0 spiro atoms. The van der Waals surface area contributed by atoms with Crippen molar-refractivity contribution in [1.29, 1.82) is 0 Å². The molecule has 0 aromatic rings. The highest BCUT2D eigenvalue weighted by Crippen LogP contribution is 2.45. The number of aliphatic hydroxyl groups excluding tert-OH is 1. The molecule has 0 amide bonds. The van der Waals surface area contributed by atoms with Gasteiger partial charge in [-0.15, -0.1) is 0 Å². The van der Waals surface area contributed by atoms with E-state index in [2.05, 4.69) is 41.5 Å². The zero-order valence-corrected chi connectivity index (χ0v) is 66.6. The summed E-state index contributed by atoms with van der Waals surface area (Å²) in [5, 5.41) is 10.6. The molecule has 17 nitrogen and oxygen atoms in total. The molecule has 0 aromatic heterocycles. The van der Waals surface area contributed by atoms with E-state index in [9.17, 15) is 43.2 Å². The van der Waals surface area contributed by atoms with Crippen molar-refractivity contribution < 1.29 is 80.2 Å². The summed E-state index contributed by atoms with van der Waals surface area (Å²) >= 11 is 0. The highest BCUT2D eigenvalue weighted by molar-refractivity contribution is 7.47. The van der Waals surface area contributed by atoms with Crippen LogP contribution in [0, 0.1) is 11.8 Å². The van der Waals surface area contributed by atoms with Gasteiger partial charge >= 0.3 is 39.5 Å². The van der Waals surface area contributed by atoms with Crippen LogP contribution in [0.3, 0.4) is 0 Å². The van der Waals surface area contributed by atoms with Gasteiger partial charge in [0.15, 0.2) is 12.2 Å². The molecular formula is C80H156O17P2. The minimum Gasteiger partial charge on any atom is -0.462 e. The van der Waals surface area contributed by atoms with E-state index >= 15 is 0 Å². The molecule has 99 heavy (non-hydrogen) atoms. The van der Waals surface area contributed by atoms with Crippen molar-refractivity contribution in [2.75, 3.05) is 39.6 Å². The van der Waals surface area contributed by atoms with E-state index < -0.39 is 97.5 Å². The molecule has 0 bridgehead atoms. The Hall–Kier alpha value is -1.94. The maximum atomic E-state index is 13.1. The Morgan fingerprint density at radius 1 is 0.293 bits per heavy atom. The van der Waals surface area contributed by atoms with Crippen LogP contribution in [0.25, 0.3) is 0 Å². The van der Waals surface area contributed by atoms with Crippen molar-refractivity contribution >= 4 is 39.5 Å². The molecular weight excluding hydrogens is 1290 g/mol. The van der Waals surface area contributed by atoms with Gasteiger partial charge in [0.2, 0.25) is 0 Å². The van der Waals surface area contributed by atoms with Crippen LogP contribution in [0.2, 0.25) is 0 Å². The Morgan fingerprint density at radius 2 is 0.515 bits per heavy atom. The minimum absolute atomic E-state index is 0.107. The summed E-state index contributed by atoms with van der Waals surface area (Å²) in [7, 11) is -9.92. The molecule has 3 unspecified atom stereocenters. The predicted octanol–water partition coefficient (Wildman–Crippen LogP) is 23.9. The number of rotatable bonds is 79. The van der Waals surface area contributed by atoms with Gasteiger partial charge in [-0.25, -0.2) is 9.13 Å². The normalized spacial score (nSPS) is 14.2. The fourth-order valence-electron chi connectivity index (χ4n) is 12.3. The van der Waals surface area contributed by atoms with Gasteiger partial charge in [-0.2, -0.15) is 0 Å². The van der Waals surface area contributed by atoms with Crippen LogP contribution in [0.1, 0.15) is 420 Å². The molecule has 0 aliphatic rings. The third kappa shape index (κ3) is 72.8. The van der Waals surface area contributed by atoms with Gasteiger partial charge in [0, 0.05) is 25.7 Å². The summed E-state index contributed by atoms with van der Waals surface area (Å²) in [5.74, 6) is -0.547. The molecule has 0 saturated heterocycles. The van der Waals surface area contributed by atoms with Crippen molar-refractivity contribution in [3.8, 4) is 0 Å². The van der Waals surface area contributed by atoms with Crippen LogP contribution in [0.15, 0.2) is 0 Å². The molecule has 0 radical (unpaired) electrons. The lowest BCUT2D eigenvalue weighted by molar-refractivity contribution is -0.161. The van der Waals surface area contributed by atoms with Gasteiger partial charge in [-0.1, -0.05) is 369 Å². The van der Waals surface area contributed by atoms with Crippen LogP contribution in [0.4, 0.5) is 0 Å². The zero-order valence-electron chi connectivity index (χ0n) is 64.8. The Kier molecular flexibility index (Phi) is 70.3. The van der Waals surface area contributed by atoms with Crippen LogP contribution < -0.4 is 0 Å². The molecule has 588 valence electrons. The Bertz CT molecular complexity index is 1910. The highest BCUT2D eigenvalue weighted by Gasteiger charge is 2.30. The molecule has 0 aliphatic carbocycles. The maximum absolute atomic E-state index is 13.1. The summed E-state index contributed by atoms with van der Waals surface area (Å²) in [6, 6.07) is 0. The molecule has 6 atom stereocenters. The second-order valence-electron chi connectivity index (χ2n) is 29.5. The molecule has 0 heterocycles. The molecule has 0 saturated carbocycles. The van der Waals surface area contributed by atoms with Crippen LogP contribution in [0.5, 0.6) is 0 Å². The van der Waals surface area contributed by atoms with Crippen LogP contribution in [-0.4, -0.2) is 96.7 Å². The van der Waals surface area contributed by atoms with Gasteiger partial charge in [0.05, 0.1) is 26.4 Å². The van der Waals surface area contributed by atoms with Gasteiger partial charge < -0.3 is 33.8 Å². The number of phosphoric acid groups is 2. The SMILES string of the molecule is CCCCCCCCCCCCCCCCCCCCCC(=O)O[C@H](COC(=O)CCCCCCCCCCCCC(C)CC)COP(=O)(O)OC[C@@H](O)COP(=O)(O)OC[C@@H](COC(=O)CCCCCCCCCCCCCCC)OC(=O)CCCCCCCCCCCCC(C)C. The lowest BCUT2D eigenvalue weighted by Gasteiger charge is -2.21. The number of hydrogen-bond acceptors (Lipinski definition) is 15. The van der Waals surface area contributed by atoms with Crippen molar-refractivity contribution in [3.63, 3.8) is 0 Å². The number of carbonyl (C=O) groups excluding carboxylic acids is 4. The van der Waals surface area contributed by atoms with Crippen LogP contribution in [-0.2, 0) is 65.4 Å². The zero-order chi connectivity index (χ0) is 72.8. The monoisotopic (exact) mass is 1450 g/mol. The Balaban J connectivity index is 5.26. The number of phosphoric ester groups is 2. The number of ether oxygens (including phenoxy) is 4. The van der Waals surface area contributed by atoms with Gasteiger partial charge in [-0.05, 0) is 37.5 Å². The van der Waals surface area contributed by atoms with Crippen molar-refractivity contribution in [1.82, 2.24) is 0 Å². The summed E-state index contributed by atoms with van der Waals surface area (Å²) in [6.07, 6.45) is 60.9. The second-order valence-corrected chi connectivity index (χ2v) is 32.4. The number of unbranched alkanes of at least 4 members (excludes halogenated alkanes) is 48. The summed E-state index contributed by atoms with van der Waals surface area (Å²) in [5.41, 5.74) is 0. The number of hydrogen-bond donors (Lipinski definition) is 3. The van der Waals surface area contributed by atoms with E-state index in [4.69, 9.17) is 37.0 Å². The summed E-state index contributed by atoms with van der Waals surface area (Å²) < 4.78 is 68.7. The first kappa shape index (κ1) is 97.1. The molecule has 19 heteroatoms. The van der Waals surface area contributed by atoms with Gasteiger partial charge in [0.1, 0.15) is 19.3 Å². The average Bonchev–Trinajstić information content (AvgIpc) is 1.05. The fourth-order valence-corrected chi connectivity index (χ4v) is 13.9. The number of aliphatic hydroxyl groups is 1. The lowest BCUT2D eigenvalue weighted by atomic mass is 9.99. The third-order valence-corrected chi connectivity index (χ3v) is 21.0. The van der Waals surface area contributed by atoms with E-state index in [1.807, 2.05) is 0 Å². The van der Waals surface area contributed by atoms with Crippen molar-refractivity contribution in [2.45, 2.75) is 439 Å². The minimum atomic E-state index is -4.96. The van der Waals surface area contributed by atoms with Crippen LogP contribution >= 0.6 is 15.6 Å². The molecule has 0 aliphatic heterocycles. The smallest absolute Gasteiger partial charge is 0.462 e. The molecule has 0 aromatic carbocycles. The first-order valence-corrected chi connectivity index (χ1v) is 44.5. The van der Waals surface area contributed by atoms with E-state index in [1.54, 1.807) is 0 Å². The number of carbonyl (C=O) groups is 4.